The molecule has 0 aliphatic carbocycles. The number of benzene rings is 3. The fourth-order valence-corrected chi connectivity index (χ4v) is 3.00. The van der Waals surface area contributed by atoms with Gasteiger partial charge in [0.1, 0.15) is 17.2 Å². The summed E-state index contributed by atoms with van der Waals surface area (Å²) in [4.78, 5) is 0. The van der Waals surface area contributed by atoms with E-state index in [1.165, 1.54) is 0 Å². The van der Waals surface area contributed by atoms with E-state index in [-0.39, 0.29) is 23.2 Å². The van der Waals surface area contributed by atoms with Crippen molar-refractivity contribution >= 4 is 0 Å². The number of phenolic OH excluding ortho intramolecular Hbond substituents is 3. The van der Waals surface area contributed by atoms with Crippen molar-refractivity contribution in [3.63, 3.8) is 0 Å². The van der Waals surface area contributed by atoms with E-state index < -0.39 is 0 Å². The average molecular weight is 320 g/mol. The van der Waals surface area contributed by atoms with E-state index in [0.29, 0.717) is 0 Å². The highest BCUT2D eigenvalue weighted by molar-refractivity contribution is 5.52. The Morgan fingerprint density at radius 3 is 1.58 bits per heavy atom. The van der Waals surface area contributed by atoms with Crippen molar-refractivity contribution in [3.05, 3.63) is 88.5 Å². The molecule has 0 amide bonds. The molecule has 0 spiro atoms. The molecule has 0 unspecified atom stereocenters. The second-order valence-corrected chi connectivity index (χ2v) is 6.08. The van der Waals surface area contributed by atoms with E-state index >= 15 is 0 Å². The quantitative estimate of drug-likeness (QED) is 0.618. The Morgan fingerprint density at radius 1 is 0.625 bits per heavy atom. The summed E-state index contributed by atoms with van der Waals surface area (Å²) >= 11 is 0. The Balaban J connectivity index is 2.22. The molecule has 3 nitrogen and oxygen atoms in total. The summed E-state index contributed by atoms with van der Waals surface area (Å²) in [5, 5.41) is 30.0. The van der Waals surface area contributed by atoms with Gasteiger partial charge in [0.2, 0.25) is 0 Å². The van der Waals surface area contributed by atoms with Gasteiger partial charge in [-0.1, -0.05) is 42.5 Å². The third kappa shape index (κ3) is 2.93. The molecule has 0 fully saturated rings. The molecule has 3 aromatic carbocycles. The summed E-state index contributed by atoms with van der Waals surface area (Å²) in [6, 6.07) is 18.2. The minimum absolute atomic E-state index is 0.190. The molecule has 0 heterocycles. The number of hydrogen-bond acceptors (Lipinski definition) is 3. The van der Waals surface area contributed by atoms with Crippen LogP contribution in [0.5, 0.6) is 17.2 Å². The minimum atomic E-state index is -0.190. The van der Waals surface area contributed by atoms with Crippen LogP contribution in [0.1, 0.15) is 33.7 Å². The number of rotatable bonds is 3. The Hall–Kier alpha value is -2.94. The van der Waals surface area contributed by atoms with Crippen LogP contribution in [0.3, 0.4) is 0 Å². The Labute approximate surface area is 141 Å². The standard InChI is InChI=1S/C21H20O3/c1-13-11-15(7-9-18(13)22)21(17-5-3-4-6-20(17)24)16-8-10-19(23)14(2)12-16/h3-12,21-24H,1-2H3. The van der Waals surface area contributed by atoms with Crippen LogP contribution >= 0.6 is 0 Å². The third-order valence-corrected chi connectivity index (χ3v) is 4.36. The highest BCUT2D eigenvalue weighted by Crippen LogP contribution is 2.38. The van der Waals surface area contributed by atoms with Crippen LogP contribution < -0.4 is 0 Å². The summed E-state index contributed by atoms with van der Waals surface area (Å²) in [7, 11) is 0. The largest absolute Gasteiger partial charge is 0.508 e. The van der Waals surface area contributed by atoms with Gasteiger partial charge in [0.25, 0.3) is 0 Å². The van der Waals surface area contributed by atoms with E-state index in [2.05, 4.69) is 0 Å². The first kappa shape index (κ1) is 15.9. The molecule has 3 rings (SSSR count). The molecule has 122 valence electrons. The summed E-state index contributed by atoms with van der Waals surface area (Å²) in [6.45, 7) is 3.70. The highest BCUT2D eigenvalue weighted by Gasteiger charge is 2.21. The second kappa shape index (κ2) is 6.28. The van der Waals surface area contributed by atoms with Crippen LogP contribution in [-0.4, -0.2) is 15.3 Å². The molecule has 0 aromatic heterocycles. The average Bonchev–Trinajstić information content (AvgIpc) is 2.56. The minimum Gasteiger partial charge on any atom is -0.508 e. The van der Waals surface area contributed by atoms with Crippen LogP contribution in [0, 0.1) is 13.8 Å². The second-order valence-electron chi connectivity index (χ2n) is 6.08. The molecular formula is C21H20O3. The van der Waals surface area contributed by atoms with E-state index in [1.807, 2.05) is 50.2 Å². The van der Waals surface area contributed by atoms with Gasteiger partial charge in [0.15, 0.2) is 0 Å². The number of para-hydroxylation sites is 1. The SMILES string of the molecule is Cc1cc(C(c2ccc(O)c(C)c2)c2ccccc2O)ccc1O. The molecule has 0 atom stereocenters. The summed E-state index contributed by atoms with van der Waals surface area (Å²) < 4.78 is 0. The molecule has 3 N–H and O–H groups in total. The van der Waals surface area contributed by atoms with E-state index in [0.717, 1.165) is 27.8 Å². The Bertz CT molecular complexity index is 833. The fourth-order valence-electron chi connectivity index (χ4n) is 3.00. The molecular weight excluding hydrogens is 300 g/mol. The topological polar surface area (TPSA) is 60.7 Å². The lowest BCUT2D eigenvalue weighted by Gasteiger charge is -2.21. The van der Waals surface area contributed by atoms with Crippen LogP contribution in [0.25, 0.3) is 0 Å². The summed E-state index contributed by atoms with van der Waals surface area (Å²) in [5.74, 6) is 0.525. The van der Waals surface area contributed by atoms with Gasteiger partial charge in [-0.25, -0.2) is 0 Å². The first-order chi connectivity index (χ1) is 11.5. The lowest BCUT2D eigenvalue weighted by atomic mass is 9.83. The first-order valence-corrected chi connectivity index (χ1v) is 7.84. The normalized spacial score (nSPS) is 11.0. The maximum absolute atomic E-state index is 10.4. The van der Waals surface area contributed by atoms with Crippen LogP contribution in [-0.2, 0) is 0 Å². The number of phenols is 3. The predicted molar refractivity (Wildman–Crippen MR) is 94.7 cm³/mol. The molecule has 3 heteroatoms. The van der Waals surface area contributed by atoms with Crippen molar-refractivity contribution < 1.29 is 15.3 Å². The van der Waals surface area contributed by atoms with Gasteiger partial charge in [0.05, 0.1) is 0 Å². The summed E-state index contributed by atoms with van der Waals surface area (Å²) in [6.07, 6.45) is 0. The highest BCUT2D eigenvalue weighted by atomic mass is 16.3. The third-order valence-electron chi connectivity index (χ3n) is 4.36. The predicted octanol–water partition coefficient (Wildman–Crippen LogP) is 4.60. The maximum atomic E-state index is 10.4. The van der Waals surface area contributed by atoms with Gasteiger partial charge in [-0.05, 0) is 54.3 Å². The Kier molecular flexibility index (Phi) is 4.17. The van der Waals surface area contributed by atoms with Gasteiger partial charge in [-0.2, -0.15) is 0 Å². The monoisotopic (exact) mass is 320 g/mol. The lowest BCUT2D eigenvalue weighted by molar-refractivity contribution is 0.466. The van der Waals surface area contributed by atoms with Gasteiger partial charge >= 0.3 is 0 Å². The number of aryl methyl sites for hydroxylation is 2. The van der Waals surface area contributed by atoms with E-state index in [1.54, 1.807) is 24.3 Å². The lowest BCUT2D eigenvalue weighted by Crippen LogP contribution is -2.04. The number of aromatic hydroxyl groups is 3. The fraction of sp³-hybridized carbons (Fsp3) is 0.143. The van der Waals surface area contributed by atoms with Crippen molar-refractivity contribution in [1.29, 1.82) is 0 Å². The number of hydrogen-bond donors (Lipinski definition) is 3. The molecule has 0 aliphatic rings. The van der Waals surface area contributed by atoms with Gasteiger partial charge < -0.3 is 15.3 Å². The molecule has 0 aliphatic heterocycles. The molecule has 3 aromatic rings. The van der Waals surface area contributed by atoms with Gasteiger partial charge in [0, 0.05) is 11.5 Å². The van der Waals surface area contributed by atoms with Crippen molar-refractivity contribution in [1.82, 2.24) is 0 Å². The van der Waals surface area contributed by atoms with Crippen molar-refractivity contribution in [3.8, 4) is 17.2 Å². The van der Waals surface area contributed by atoms with Crippen LogP contribution in [0.15, 0.2) is 60.7 Å². The zero-order valence-electron chi connectivity index (χ0n) is 13.7. The Morgan fingerprint density at radius 2 is 1.12 bits per heavy atom. The molecule has 0 saturated carbocycles. The van der Waals surface area contributed by atoms with Crippen molar-refractivity contribution in [2.75, 3.05) is 0 Å². The van der Waals surface area contributed by atoms with Crippen LogP contribution in [0.4, 0.5) is 0 Å². The van der Waals surface area contributed by atoms with Crippen molar-refractivity contribution in [2.24, 2.45) is 0 Å². The first-order valence-electron chi connectivity index (χ1n) is 7.84. The summed E-state index contributed by atoms with van der Waals surface area (Å²) in [5.41, 5.74) is 4.29. The molecule has 0 radical (unpaired) electrons. The smallest absolute Gasteiger partial charge is 0.119 e. The molecule has 24 heavy (non-hydrogen) atoms. The zero-order chi connectivity index (χ0) is 17.3. The zero-order valence-corrected chi connectivity index (χ0v) is 13.7. The van der Waals surface area contributed by atoms with Crippen LogP contribution in [0.2, 0.25) is 0 Å². The molecule has 0 bridgehead atoms. The van der Waals surface area contributed by atoms with Gasteiger partial charge in [-0.3, -0.25) is 0 Å². The maximum Gasteiger partial charge on any atom is 0.119 e. The van der Waals surface area contributed by atoms with Gasteiger partial charge in [-0.15, -0.1) is 0 Å². The van der Waals surface area contributed by atoms with E-state index in [9.17, 15) is 15.3 Å². The van der Waals surface area contributed by atoms with E-state index in [4.69, 9.17) is 0 Å². The molecule has 0 saturated heterocycles. The van der Waals surface area contributed by atoms with Crippen molar-refractivity contribution in [2.45, 2.75) is 19.8 Å².